The normalized spacial score (nSPS) is 11.2. The number of aromatic nitrogens is 4. The molecule has 0 atom stereocenters. The summed E-state index contributed by atoms with van der Waals surface area (Å²) in [6, 6.07) is 0. The molecule has 0 saturated heterocycles. The fourth-order valence-corrected chi connectivity index (χ4v) is 2.58. The van der Waals surface area contributed by atoms with Gasteiger partial charge in [0.1, 0.15) is 5.82 Å². The summed E-state index contributed by atoms with van der Waals surface area (Å²) in [5, 5.41) is 9.32. The summed E-state index contributed by atoms with van der Waals surface area (Å²) in [6.07, 6.45) is 2.87. The summed E-state index contributed by atoms with van der Waals surface area (Å²) in [7, 11) is 1.68. The summed E-state index contributed by atoms with van der Waals surface area (Å²) >= 11 is 1.65. The molecule has 0 saturated carbocycles. The predicted octanol–water partition coefficient (Wildman–Crippen LogP) is 1.35. The van der Waals surface area contributed by atoms with Crippen molar-refractivity contribution in [2.75, 3.05) is 37.9 Å². The maximum absolute atomic E-state index is 5.62. The van der Waals surface area contributed by atoms with Gasteiger partial charge in [-0.3, -0.25) is 0 Å². The molecule has 2 aromatic heterocycles. The molecular formula is C13H22N6OS. The van der Waals surface area contributed by atoms with Crippen LogP contribution >= 0.6 is 11.8 Å². The van der Waals surface area contributed by atoms with Gasteiger partial charge in [-0.1, -0.05) is 18.7 Å². The van der Waals surface area contributed by atoms with Gasteiger partial charge in [0.25, 0.3) is 0 Å². The van der Waals surface area contributed by atoms with Crippen LogP contribution in [0.4, 0.5) is 5.82 Å². The zero-order valence-corrected chi connectivity index (χ0v) is 13.3. The molecule has 0 unspecified atom stereocenters. The van der Waals surface area contributed by atoms with E-state index in [1.54, 1.807) is 25.1 Å². The number of fused-ring (bicyclic) bond motifs is 1. The molecule has 3 N–H and O–H groups in total. The van der Waals surface area contributed by atoms with Crippen molar-refractivity contribution in [2.45, 2.75) is 25.0 Å². The second-order valence-electron chi connectivity index (χ2n) is 4.52. The number of hydrogen-bond acceptors (Lipinski definition) is 7. The molecule has 21 heavy (non-hydrogen) atoms. The van der Waals surface area contributed by atoms with Crippen LogP contribution in [0.15, 0.2) is 11.4 Å². The molecule has 0 aliphatic carbocycles. The van der Waals surface area contributed by atoms with Gasteiger partial charge in [-0.05, 0) is 6.42 Å². The Balaban J connectivity index is 2.33. The van der Waals surface area contributed by atoms with Crippen molar-refractivity contribution in [2.24, 2.45) is 5.73 Å². The number of ether oxygens (including phenoxy) is 1. The quantitative estimate of drug-likeness (QED) is 0.410. The van der Waals surface area contributed by atoms with Gasteiger partial charge in [-0.15, -0.1) is 0 Å². The molecule has 0 amide bonds. The first-order valence-electron chi connectivity index (χ1n) is 7.09. The fraction of sp³-hybridized carbons (Fsp3) is 0.615. The lowest BCUT2D eigenvalue weighted by Crippen LogP contribution is -2.13. The lowest BCUT2D eigenvalue weighted by atomic mass is 10.4. The van der Waals surface area contributed by atoms with E-state index in [4.69, 9.17) is 10.5 Å². The summed E-state index contributed by atoms with van der Waals surface area (Å²) < 4.78 is 6.89. The number of nitrogens with zero attached hydrogens (tertiary/aromatic N) is 4. The first-order valence-corrected chi connectivity index (χ1v) is 8.08. The molecule has 116 valence electrons. The van der Waals surface area contributed by atoms with Gasteiger partial charge in [-0.25, -0.2) is 14.6 Å². The van der Waals surface area contributed by atoms with Crippen LogP contribution in [0.3, 0.4) is 0 Å². The van der Waals surface area contributed by atoms with Gasteiger partial charge in [-0.2, -0.15) is 5.10 Å². The summed E-state index contributed by atoms with van der Waals surface area (Å²) in [5.74, 6) is 1.80. The average molecular weight is 310 g/mol. The number of anilines is 1. The van der Waals surface area contributed by atoms with Crippen molar-refractivity contribution >= 4 is 28.6 Å². The molecule has 0 fully saturated rings. The largest absolute Gasteiger partial charge is 0.383 e. The van der Waals surface area contributed by atoms with Gasteiger partial charge in [0.05, 0.1) is 24.7 Å². The van der Waals surface area contributed by atoms with Gasteiger partial charge in [0.15, 0.2) is 10.8 Å². The minimum absolute atomic E-state index is 0.532. The molecule has 0 aliphatic rings. The fourth-order valence-electron chi connectivity index (χ4n) is 1.89. The van der Waals surface area contributed by atoms with Crippen LogP contribution < -0.4 is 11.1 Å². The van der Waals surface area contributed by atoms with E-state index in [1.165, 1.54) is 0 Å². The molecule has 2 rings (SSSR count). The topological polar surface area (TPSA) is 90.9 Å². The Hall–Kier alpha value is -1.38. The molecule has 0 spiro atoms. The van der Waals surface area contributed by atoms with Crippen molar-refractivity contribution in [3.8, 4) is 0 Å². The maximum Gasteiger partial charge on any atom is 0.191 e. The van der Waals surface area contributed by atoms with E-state index in [9.17, 15) is 0 Å². The number of nitrogens with two attached hydrogens (primary N) is 1. The third-order valence-corrected chi connectivity index (χ3v) is 3.90. The van der Waals surface area contributed by atoms with Gasteiger partial charge < -0.3 is 15.8 Å². The Morgan fingerprint density at radius 1 is 1.43 bits per heavy atom. The number of rotatable bonds is 9. The summed E-state index contributed by atoms with van der Waals surface area (Å²) in [5.41, 5.74) is 6.45. The minimum atomic E-state index is 0.532. The Morgan fingerprint density at radius 3 is 3.00 bits per heavy atom. The second-order valence-corrected chi connectivity index (χ2v) is 5.58. The second kappa shape index (κ2) is 8.16. The highest BCUT2D eigenvalue weighted by Crippen LogP contribution is 2.24. The third-order valence-electron chi connectivity index (χ3n) is 2.85. The smallest absolute Gasteiger partial charge is 0.191 e. The van der Waals surface area contributed by atoms with Gasteiger partial charge in [0.2, 0.25) is 0 Å². The van der Waals surface area contributed by atoms with E-state index in [0.717, 1.165) is 34.2 Å². The van der Waals surface area contributed by atoms with E-state index in [2.05, 4.69) is 27.3 Å². The molecule has 0 radical (unpaired) electrons. The first-order chi connectivity index (χ1) is 10.3. The van der Waals surface area contributed by atoms with Crippen LogP contribution in [0.5, 0.6) is 0 Å². The highest BCUT2D eigenvalue weighted by Gasteiger charge is 2.12. The third kappa shape index (κ3) is 4.05. The van der Waals surface area contributed by atoms with Crippen LogP contribution in [0, 0.1) is 0 Å². The minimum Gasteiger partial charge on any atom is -0.383 e. The van der Waals surface area contributed by atoms with Gasteiger partial charge in [0, 0.05) is 26.0 Å². The Kier molecular flexibility index (Phi) is 6.21. The zero-order chi connectivity index (χ0) is 15.1. The Labute approximate surface area is 128 Å². The lowest BCUT2D eigenvalue weighted by Gasteiger charge is -2.09. The zero-order valence-electron chi connectivity index (χ0n) is 12.5. The van der Waals surface area contributed by atoms with E-state index in [1.807, 2.05) is 4.68 Å². The molecule has 2 aromatic rings. The van der Waals surface area contributed by atoms with Crippen molar-refractivity contribution in [1.29, 1.82) is 0 Å². The van der Waals surface area contributed by atoms with Crippen LogP contribution in [0.1, 0.15) is 13.3 Å². The molecule has 7 nitrogen and oxygen atoms in total. The average Bonchev–Trinajstić information content (AvgIpc) is 2.89. The Morgan fingerprint density at radius 2 is 2.29 bits per heavy atom. The van der Waals surface area contributed by atoms with Crippen LogP contribution in [0.2, 0.25) is 0 Å². The van der Waals surface area contributed by atoms with E-state index >= 15 is 0 Å². The summed E-state index contributed by atoms with van der Waals surface area (Å²) in [4.78, 5) is 9.19. The highest BCUT2D eigenvalue weighted by molar-refractivity contribution is 7.99. The number of thioether (sulfide) groups is 1. The number of hydrogen-bond donors (Lipinski definition) is 2. The van der Waals surface area contributed by atoms with Crippen LogP contribution in [-0.2, 0) is 11.3 Å². The van der Waals surface area contributed by atoms with Crippen molar-refractivity contribution < 1.29 is 4.74 Å². The predicted molar refractivity (Wildman–Crippen MR) is 85.8 cm³/mol. The number of methoxy groups -OCH3 is 1. The molecule has 2 heterocycles. The summed E-state index contributed by atoms with van der Waals surface area (Å²) in [6.45, 7) is 4.64. The maximum atomic E-state index is 5.62. The van der Waals surface area contributed by atoms with E-state index < -0.39 is 0 Å². The van der Waals surface area contributed by atoms with E-state index in [0.29, 0.717) is 26.2 Å². The van der Waals surface area contributed by atoms with Crippen molar-refractivity contribution in [1.82, 2.24) is 19.7 Å². The molecule has 0 aliphatic heterocycles. The molecule has 8 heteroatoms. The number of nitrogens with one attached hydrogen (secondary N) is 1. The van der Waals surface area contributed by atoms with Crippen molar-refractivity contribution in [3.05, 3.63) is 6.20 Å². The monoisotopic (exact) mass is 310 g/mol. The highest BCUT2D eigenvalue weighted by atomic mass is 32.2. The van der Waals surface area contributed by atoms with Crippen LogP contribution in [0.25, 0.3) is 11.0 Å². The van der Waals surface area contributed by atoms with Crippen molar-refractivity contribution in [3.63, 3.8) is 0 Å². The standard InChI is InChI=1S/C13H22N6OS/c1-3-8-21-13-17-11(15-5-7-20-2)10-9-16-19(6-4-14)12(10)18-13/h9H,3-8,14H2,1-2H3,(H,15,17,18). The van der Waals surface area contributed by atoms with Crippen LogP contribution in [-0.4, -0.2) is 52.3 Å². The first kappa shape index (κ1) is 16.0. The van der Waals surface area contributed by atoms with E-state index in [-0.39, 0.29) is 0 Å². The lowest BCUT2D eigenvalue weighted by molar-refractivity contribution is 0.210. The molecule has 0 aromatic carbocycles. The molecular weight excluding hydrogens is 288 g/mol. The molecule has 0 bridgehead atoms. The SMILES string of the molecule is CCCSc1nc(NCCOC)c2cnn(CCN)c2n1. The Bertz CT molecular complexity index is 573. The van der Waals surface area contributed by atoms with Gasteiger partial charge >= 0.3 is 0 Å².